The Morgan fingerprint density at radius 2 is 2.38 bits per heavy atom. The van der Waals surface area contributed by atoms with Crippen LogP contribution >= 0.6 is 0 Å². The molecule has 0 aromatic carbocycles. The Bertz CT molecular complexity index is 190. The van der Waals surface area contributed by atoms with Crippen LogP contribution in [0, 0.1) is 0 Å². The van der Waals surface area contributed by atoms with Crippen molar-refractivity contribution in [2.45, 2.75) is 13.3 Å². The highest BCUT2D eigenvalue weighted by atomic mass is 16.5. The van der Waals surface area contributed by atoms with Gasteiger partial charge in [-0.15, -0.1) is 0 Å². The minimum Gasteiger partial charge on any atom is -0.374 e. The van der Waals surface area contributed by atoms with Gasteiger partial charge in [0.05, 0.1) is 0 Å². The van der Waals surface area contributed by atoms with Crippen molar-refractivity contribution in [1.82, 2.24) is 5.01 Å². The van der Waals surface area contributed by atoms with Crippen LogP contribution in [0.15, 0.2) is 17.9 Å². The molecule has 0 bridgehead atoms. The van der Waals surface area contributed by atoms with E-state index in [1.165, 1.54) is 5.01 Å². The molecule has 0 rings (SSSR count). The lowest BCUT2D eigenvalue weighted by Crippen LogP contribution is -2.09. The van der Waals surface area contributed by atoms with Gasteiger partial charge in [0.1, 0.15) is 6.61 Å². The van der Waals surface area contributed by atoms with Gasteiger partial charge in [-0.25, -0.2) is 0 Å². The van der Waals surface area contributed by atoms with Crippen molar-refractivity contribution in [3.05, 3.63) is 12.8 Å². The normalized spacial score (nSPS) is 10.3. The van der Waals surface area contributed by atoms with Crippen molar-refractivity contribution in [3.8, 4) is 0 Å². The first kappa shape index (κ1) is 11.8. The van der Waals surface area contributed by atoms with E-state index < -0.39 is 0 Å². The Labute approximate surface area is 78.9 Å². The number of rotatable bonds is 7. The number of hydrogen-bond acceptors (Lipinski definition) is 4. The number of hydrazone groups is 1. The summed E-state index contributed by atoms with van der Waals surface area (Å²) in [5.41, 5.74) is 0. The van der Waals surface area contributed by atoms with Crippen molar-refractivity contribution >= 4 is 12.0 Å². The van der Waals surface area contributed by atoms with Crippen molar-refractivity contribution in [2.75, 3.05) is 20.3 Å². The highest BCUT2D eigenvalue weighted by Crippen LogP contribution is 1.85. The first-order valence-corrected chi connectivity index (χ1v) is 4.18. The molecule has 0 saturated heterocycles. The molecule has 0 radical (unpaired) electrons. The number of nitrogens with zero attached hydrogens (tertiary/aromatic N) is 2. The number of carbonyl (C=O) groups is 1. The fraction of sp³-hybridized carbons (Fsp3) is 0.556. The maximum absolute atomic E-state index is 11.0. The van der Waals surface area contributed by atoms with Crippen LogP contribution in [0.25, 0.3) is 0 Å². The Balaban J connectivity index is 3.56. The molecular weight excluding hydrogens is 168 g/mol. The Morgan fingerprint density at radius 3 is 2.92 bits per heavy atom. The molecule has 0 amide bonds. The third-order valence-corrected chi connectivity index (χ3v) is 1.31. The first-order chi connectivity index (χ1) is 6.20. The lowest BCUT2D eigenvalue weighted by atomic mass is 10.3. The summed E-state index contributed by atoms with van der Waals surface area (Å²) >= 11 is 0. The van der Waals surface area contributed by atoms with Crippen LogP contribution in [0.4, 0.5) is 0 Å². The zero-order chi connectivity index (χ0) is 10.1. The van der Waals surface area contributed by atoms with Gasteiger partial charge in [0, 0.05) is 32.5 Å². The first-order valence-electron chi connectivity index (χ1n) is 4.18. The molecule has 0 aromatic heterocycles. The topological polar surface area (TPSA) is 41.9 Å². The lowest BCUT2D eigenvalue weighted by molar-refractivity contribution is -0.122. The molecule has 0 aromatic rings. The molecule has 4 nitrogen and oxygen atoms in total. The molecule has 0 aliphatic heterocycles. The van der Waals surface area contributed by atoms with E-state index in [-0.39, 0.29) is 12.4 Å². The molecule has 4 heteroatoms. The van der Waals surface area contributed by atoms with Crippen molar-refractivity contribution in [2.24, 2.45) is 5.10 Å². The maximum Gasteiger partial charge on any atom is 0.163 e. The summed E-state index contributed by atoms with van der Waals surface area (Å²) < 4.78 is 4.93. The third kappa shape index (κ3) is 7.21. The zero-order valence-corrected chi connectivity index (χ0v) is 8.19. The predicted molar refractivity (Wildman–Crippen MR) is 52.6 cm³/mol. The van der Waals surface area contributed by atoms with Crippen LogP contribution in [-0.4, -0.2) is 37.3 Å². The molecule has 0 spiro atoms. The summed E-state index contributed by atoms with van der Waals surface area (Å²) in [6.07, 6.45) is 3.41. The average molecular weight is 184 g/mol. The Kier molecular flexibility index (Phi) is 6.82. The molecule has 0 fully saturated rings. The van der Waals surface area contributed by atoms with E-state index in [2.05, 4.69) is 11.7 Å². The number of Topliss-reactive ketones (excluding diaryl/α,β-unsaturated/α-hetero) is 1. The summed E-state index contributed by atoms with van der Waals surface area (Å²) in [4.78, 5) is 11.0. The molecule has 0 saturated carbocycles. The minimum atomic E-state index is 0.0306. The summed E-state index contributed by atoms with van der Waals surface area (Å²) in [6.45, 7) is 6.10. The molecule has 13 heavy (non-hydrogen) atoms. The number of ether oxygens (including phenoxy) is 1. The van der Waals surface area contributed by atoms with Crippen molar-refractivity contribution in [3.63, 3.8) is 0 Å². The maximum atomic E-state index is 11.0. The molecule has 0 N–H and O–H groups in total. The number of hydrogen-bond donors (Lipinski definition) is 0. The highest BCUT2D eigenvalue weighted by Gasteiger charge is 1.97. The van der Waals surface area contributed by atoms with Gasteiger partial charge in [0.15, 0.2) is 5.78 Å². The highest BCUT2D eigenvalue weighted by molar-refractivity contribution is 5.92. The SMILES string of the molecule is C=CN(C)/N=C\CC(=O)COCC. The largest absolute Gasteiger partial charge is 0.374 e. The molecule has 74 valence electrons. The standard InChI is InChI=1S/C9H16N2O2/c1-4-11(3)10-7-6-9(12)8-13-5-2/h4,7H,1,5-6,8H2,2-3H3/b10-7-. The van der Waals surface area contributed by atoms with Gasteiger partial charge < -0.3 is 4.74 Å². The van der Waals surface area contributed by atoms with Gasteiger partial charge >= 0.3 is 0 Å². The van der Waals surface area contributed by atoms with E-state index in [1.807, 2.05) is 6.92 Å². The number of ketones is 1. The second kappa shape index (κ2) is 7.49. The molecule has 0 unspecified atom stereocenters. The van der Waals surface area contributed by atoms with E-state index in [0.29, 0.717) is 13.0 Å². The van der Waals surface area contributed by atoms with E-state index in [1.54, 1.807) is 19.5 Å². The second-order valence-electron chi connectivity index (χ2n) is 2.43. The molecule has 0 aliphatic carbocycles. The van der Waals surface area contributed by atoms with Crippen molar-refractivity contribution < 1.29 is 9.53 Å². The van der Waals surface area contributed by atoms with E-state index in [0.717, 1.165) is 0 Å². The van der Waals surface area contributed by atoms with E-state index in [9.17, 15) is 4.79 Å². The van der Waals surface area contributed by atoms with Crippen LogP contribution in [0.2, 0.25) is 0 Å². The van der Waals surface area contributed by atoms with Crippen molar-refractivity contribution in [1.29, 1.82) is 0 Å². The Hall–Kier alpha value is -1.16. The van der Waals surface area contributed by atoms with Gasteiger partial charge in [0.25, 0.3) is 0 Å². The monoisotopic (exact) mass is 184 g/mol. The number of carbonyl (C=O) groups excluding carboxylic acids is 1. The summed E-state index contributed by atoms with van der Waals surface area (Å²) in [5, 5.41) is 5.44. The molecular formula is C9H16N2O2. The summed E-state index contributed by atoms with van der Waals surface area (Å²) in [6, 6.07) is 0. The van der Waals surface area contributed by atoms with Crippen LogP contribution in [-0.2, 0) is 9.53 Å². The minimum absolute atomic E-state index is 0.0306. The van der Waals surface area contributed by atoms with Gasteiger partial charge in [-0.1, -0.05) is 6.58 Å². The van der Waals surface area contributed by atoms with Gasteiger partial charge in [-0.3, -0.25) is 9.80 Å². The summed E-state index contributed by atoms with van der Waals surface area (Å²) in [5.74, 6) is 0.0306. The van der Waals surface area contributed by atoms with Gasteiger partial charge in [-0.2, -0.15) is 5.10 Å². The third-order valence-electron chi connectivity index (χ3n) is 1.31. The van der Waals surface area contributed by atoms with Crippen LogP contribution < -0.4 is 0 Å². The second-order valence-corrected chi connectivity index (χ2v) is 2.43. The lowest BCUT2D eigenvalue weighted by Gasteiger charge is -2.03. The molecule has 0 heterocycles. The zero-order valence-electron chi connectivity index (χ0n) is 8.19. The van der Waals surface area contributed by atoms with Gasteiger partial charge in [0.2, 0.25) is 0 Å². The van der Waals surface area contributed by atoms with Crippen LogP contribution in [0.3, 0.4) is 0 Å². The fourth-order valence-electron chi connectivity index (χ4n) is 0.593. The van der Waals surface area contributed by atoms with Gasteiger partial charge in [-0.05, 0) is 6.92 Å². The Morgan fingerprint density at radius 1 is 1.69 bits per heavy atom. The fourth-order valence-corrected chi connectivity index (χ4v) is 0.593. The molecule has 0 atom stereocenters. The summed E-state index contributed by atoms with van der Waals surface area (Å²) in [7, 11) is 1.75. The van der Waals surface area contributed by atoms with E-state index >= 15 is 0 Å². The quantitative estimate of drug-likeness (QED) is 0.438. The average Bonchev–Trinajstić information content (AvgIpc) is 2.14. The van der Waals surface area contributed by atoms with Crippen LogP contribution in [0.1, 0.15) is 13.3 Å². The predicted octanol–water partition coefficient (Wildman–Crippen LogP) is 1.04. The van der Waals surface area contributed by atoms with E-state index in [4.69, 9.17) is 4.74 Å². The molecule has 0 aliphatic rings. The van der Waals surface area contributed by atoms with Crippen LogP contribution in [0.5, 0.6) is 0 Å². The smallest absolute Gasteiger partial charge is 0.163 e.